The molecule has 0 aliphatic heterocycles. The maximum Gasteiger partial charge on any atom is 0.165 e. The van der Waals surface area contributed by atoms with Gasteiger partial charge in [-0.15, -0.1) is 0 Å². The number of rotatable bonds is 5. The second-order valence-corrected chi connectivity index (χ2v) is 3.57. The third-order valence-electron chi connectivity index (χ3n) is 2.38. The normalized spacial score (nSPS) is 12.5. The monoisotopic (exact) mass is 211 g/mol. The summed E-state index contributed by atoms with van der Waals surface area (Å²) < 4.78 is 18.2. The van der Waals surface area contributed by atoms with E-state index in [1.165, 1.54) is 13.2 Å². The summed E-state index contributed by atoms with van der Waals surface area (Å²) in [6.07, 6.45) is 1.07. The van der Waals surface area contributed by atoms with E-state index in [9.17, 15) is 4.39 Å². The molecule has 0 radical (unpaired) electrons. The van der Waals surface area contributed by atoms with Gasteiger partial charge in [-0.05, 0) is 37.6 Å². The second-order valence-electron chi connectivity index (χ2n) is 3.57. The Kier molecular flexibility index (Phi) is 4.56. The van der Waals surface area contributed by atoms with Gasteiger partial charge in [0.05, 0.1) is 7.11 Å². The Labute approximate surface area is 90.4 Å². The van der Waals surface area contributed by atoms with Crippen LogP contribution in [0.3, 0.4) is 0 Å². The van der Waals surface area contributed by atoms with E-state index < -0.39 is 0 Å². The quantitative estimate of drug-likeness (QED) is 0.808. The van der Waals surface area contributed by atoms with E-state index in [0.29, 0.717) is 5.75 Å². The molecular weight excluding hydrogens is 193 g/mol. The predicted molar refractivity (Wildman–Crippen MR) is 59.7 cm³/mol. The van der Waals surface area contributed by atoms with E-state index in [2.05, 4.69) is 12.2 Å². The molecule has 0 amide bonds. The zero-order valence-electron chi connectivity index (χ0n) is 9.51. The molecule has 0 aliphatic rings. The van der Waals surface area contributed by atoms with Crippen LogP contribution in [0.4, 0.5) is 4.39 Å². The highest BCUT2D eigenvalue weighted by atomic mass is 19.1. The van der Waals surface area contributed by atoms with Gasteiger partial charge >= 0.3 is 0 Å². The lowest BCUT2D eigenvalue weighted by Gasteiger charge is -2.14. The standard InChI is InChI=1S/C12H18FNO/c1-4-7-14-9(2)10-5-6-12(15-3)11(13)8-10/h5-6,8-9,14H,4,7H2,1-3H3/t9-/m1/s1. The zero-order valence-corrected chi connectivity index (χ0v) is 9.51. The summed E-state index contributed by atoms with van der Waals surface area (Å²) in [6, 6.07) is 5.24. The Hall–Kier alpha value is -1.09. The Morgan fingerprint density at radius 2 is 2.20 bits per heavy atom. The van der Waals surface area contributed by atoms with Crippen molar-refractivity contribution in [2.75, 3.05) is 13.7 Å². The van der Waals surface area contributed by atoms with Crippen molar-refractivity contribution < 1.29 is 9.13 Å². The lowest BCUT2D eigenvalue weighted by molar-refractivity contribution is 0.385. The van der Waals surface area contributed by atoms with E-state index in [1.807, 2.05) is 13.0 Å². The van der Waals surface area contributed by atoms with Gasteiger partial charge in [0, 0.05) is 6.04 Å². The molecule has 1 N–H and O–H groups in total. The third-order valence-corrected chi connectivity index (χ3v) is 2.38. The molecule has 2 nitrogen and oxygen atoms in total. The van der Waals surface area contributed by atoms with Crippen molar-refractivity contribution in [1.29, 1.82) is 0 Å². The number of halogens is 1. The van der Waals surface area contributed by atoms with Crippen molar-refractivity contribution >= 4 is 0 Å². The molecule has 0 bridgehead atoms. The van der Waals surface area contributed by atoms with Crippen LogP contribution in [0.15, 0.2) is 18.2 Å². The summed E-state index contributed by atoms with van der Waals surface area (Å²) in [5.74, 6) is -0.0124. The van der Waals surface area contributed by atoms with Crippen molar-refractivity contribution in [2.45, 2.75) is 26.3 Å². The molecule has 3 heteroatoms. The first-order valence-corrected chi connectivity index (χ1v) is 5.25. The average Bonchev–Trinajstić information content (AvgIpc) is 2.25. The van der Waals surface area contributed by atoms with Crippen LogP contribution < -0.4 is 10.1 Å². The largest absolute Gasteiger partial charge is 0.494 e. The number of hydrogen-bond acceptors (Lipinski definition) is 2. The SMILES string of the molecule is CCCN[C@H](C)c1ccc(OC)c(F)c1. The maximum atomic E-state index is 13.4. The van der Waals surface area contributed by atoms with Gasteiger partial charge in [-0.2, -0.15) is 0 Å². The molecule has 1 atom stereocenters. The van der Waals surface area contributed by atoms with Gasteiger partial charge < -0.3 is 10.1 Å². The number of methoxy groups -OCH3 is 1. The summed E-state index contributed by atoms with van der Waals surface area (Å²) in [5.41, 5.74) is 0.946. The van der Waals surface area contributed by atoms with E-state index in [-0.39, 0.29) is 11.9 Å². The summed E-state index contributed by atoms with van der Waals surface area (Å²) >= 11 is 0. The molecule has 0 saturated heterocycles. The molecule has 1 rings (SSSR count). The van der Waals surface area contributed by atoms with Gasteiger partial charge in [-0.25, -0.2) is 4.39 Å². The van der Waals surface area contributed by atoms with Crippen LogP contribution in [0.5, 0.6) is 5.75 Å². The van der Waals surface area contributed by atoms with Crippen LogP contribution in [0, 0.1) is 5.82 Å². The lowest BCUT2D eigenvalue weighted by Crippen LogP contribution is -2.19. The van der Waals surface area contributed by atoms with Crippen molar-refractivity contribution in [3.05, 3.63) is 29.6 Å². The number of hydrogen-bond donors (Lipinski definition) is 1. The molecule has 0 aromatic heterocycles. The first-order chi connectivity index (χ1) is 7.19. The number of nitrogens with one attached hydrogen (secondary N) is 1. The third kappa shape index (κ3) is 3.20. The minimum absolute atomic E-state index is 0.172. The fraction of sp³-hybridized carbons (Fsp3) is 0.500. The second kappa shape index (κ2) is 5.71. The predicted octanol–water partition coefficient (Wildman–Crippen LogP) is 2.89. The van der Waals surface area contributed by atoms with Gasteiger partial charge in [-0.3, -0.25) is 0 Å². The van der Waals surface area contributed by atoms with Crippen LogP contribution in [0.2, 0.25) is 0 Å². The lowest BCUT2D eigenvalue weighted by atomic mass is 10.1. The fourth-order valence-corrected chi connectivity index (χ4v) is 1.43. The fourth-order valence-electron chi connectivity index (χ4n) is 1.43. The summed E-state index contributed by atoms with van der Waals surface area (Å²) in [7, 11) is 1.47. The molecular formula is C12H18FNO. The summed E-state index contributed by atoms with van der Waals surface area (Å²) in [4.78, 5) is 0. The summed E-state index contributed by atoms with van der Waals surface area (Å²) in [5, 5.41) is 3.31. The van der Waals surface area contributed by atoms with Crippen LogP contribution in [0.1, 0.15) is 31.9 Å². The van der Waals surface area contributed by atoms with Crippen molar-refractivity contribution in [3.63, 3.8) is 0 Å². The van der Waals surface area contributed by atoms with Gasteiger partial charge in [-0.1, -0.05) is 13.0 Å². The Balaban J connectivity index is 2.73. The topological polar surface area (TPSA) is 21.3 Å². The van der Waals surface area contributed by atoms with Crippen molar-refractivity contribution in [2.24, 2.45) is 0 Å². The molecule has 0 unspecified atom stereocenters. The molecule has 84 valence electrons. The average molecular weight is 211 g/mol. The van der Waals surface area contributed by atoms with Gasteiger partial charge in [0.2, 0.25) is 0 Å². The Morgan fingerprint density at radius 3 is 2.73 bits per heavy atom. The molecule has 15 heavy (non-hydrogen) atoms. The first kappa shape index (κ1) is 12.0. The van der Waals surface area contributed by atoms with Crippen LogP contribution in [-0.2, 0) is 0 Å². The molecule has 1 aromatic carbocycles. The van der Waals surface area contributed by atoms with Gasteiger partial charge in [0.25, 0.3) is 0 Å². The van der Waals surface area contributed by atoms with Gasteiger partial charge in [0.15, 0.2) is 11.6 Å². The molecule has 0 heterocycles. The van der Waals surface area contributed by atoms with E-state index in [0.717, 1.165) is 18.5 Å². The van der Waals surface area contributed by atoms with Crippen molar-refractivity contribution in [1.82, 2.24) is 5.32 Å². The molecule has 1 aromatic rings. The highest BCUT2D eigenvalue weighted by Gasteiger charge is 2.08. The molecule has 0 saturated carbocycles. The maximum absolute atomic E-state index is 13.4. The molecule has 0 aliphatic carbocycles. The first-order valence-electron chi connectivity index (χ1n) is 5.25. The van der Waals surface area contributed by atoms with E-state index >= 15 is 0 Å². The number of benzene rings is 1. The Morgan fingerprint density at radius 1 is 1.47 bits per heavy atom. The minimum atomic E-state index is -0.305. The molecule has 0 fully saturated rings. The van der Waals surface area contributed by atoms with Gasteiger partial charge in [0.1, 0.15) is 0 Å². The van der Waals surface area contributed by atoms with Crippen molar-refractivity contribution in [3.8, 4) is 5.75 Å². The van der Waals surface area contributed by atoms with E-state index in [4.69, 9.17) is 4.74 Å². The highest BCUT2D eigenvalue weighted by molar-refractivity contribution is 5.30. The summed E-state index contributed by atoms with van der Waals surface area (Å²) in [6.45, 7) is 5.07. The zero-order chi connectivity index (χ0) is 11.3. The Bertz CT molecular complexity index is 314. The van der Waals surface area contributed by atoms with Crippen LogP contribution >= 0.6 is 0 Å². The minimum Gasteiger partial charge on any atom is -0.494 e. The molecule has 0 spiro atoms. The van der Waals surface area contributed by atoms with E-state index in [1.54, 1.807) is 6.07 Å². The highest BCUT2D eigenvalue weighted by Crippen LogP contribution is 2.21. The van der Waals surface area contributed by atoms with Crippen LogP contribution in [0.25, 0.3) is 0 Å². The van der Waals surface area contributed by atoms with Crippen LogP contribution in [-0.4, -0.2) is 13.7 Å². The smallest absolute Gasteiger partial charge is 0.165 e. The number of ether oxygens (including phenoxy) is 1.